The quantitative estimate of drug-likeness (QED) is 0.746. The third-order valence-electron chi connectivity index (χ3n) is 2.85. The van der Waals surface area contributed by atoms with Gasteiger partial charge in [-0.1, -0.05) is 12.1 Å². The van der Waals surface area contributed by atoms with Gasteiger partial charge < -0.3 is 16.8 Å². The Balaban J connectivity index is 2.10. The minimum Gasteiger partial charge on any atom is -0.398 e. The van der Waals surface area contributed by atoms with Crippen molar-refractivity contribution in [2.45, 2.75) is 6.42 Å². The lowest BCUT2D eigenvalue weighted by atomic mass is 10.1. The maximum Gasteiger partial charge on any atom is 0.257 e. The number of nitrogens with one attached hydrogen (secondary N) is 1. The first kappa shape index (κ1) is 14.5. The number of primary amides is 1. The molecule has 6 heteroatoms. The molecular formula is C15H14FN3O2. The molecule has 0 aliphatic rings. The molecule has 5 N–H and O–H groups in total. The summed E-state index contributed by atoms with van der Waals surface area (Å²) in [4.78, 5) is 22.8. The largest absolute Gasteiger partial charge is 0.398 e. The monoisotopic (exact) mass is 287 g/mol. The van der Waals surface area contributed by atoms with Crippen molar-refractivity contribution >= 4 is 23.2 Å². The molecule has 0 atom stereocenters. The van der Waals surface area contributed by atoms with Crippen molar-refractivity contribution in [3.63, 3.8) is 0 Å². The Labute approximate surface area is 120 Å². The minimum atomic E-state index is -0.500. The van der Waals surface area contributed by atoms with Gasteiger partial charge >= 0.3 is 0 Å². The molecule has 2 amide bonds. The van der Waals surface area contributed by atoms with Crippen LogP contribution in [-0.4, -0.2) is 11.8 Å². The summed E-state index contributed by atoms with van der Waals surface area (Å²) < 4.78 is 12.9. The van der Waals surface area contributed by atoms with E-state index in [-0.39, 0.29) is 17.7 Å². The molecule has 0 unspecified atom stereocenters. The van der Waals surface area contributed by atoms with Crippen LogP contribution in [0.5, 0.6) is 0 Å². The maximum absolute atomic E-state index is 12.9. The van der Waals surface area contributed by atoms with Gasteiger partial charge in [0, 0.05) is 11.4 Å². The van der Waals surface area contributed by atoms with Crippen molar-refractivity contribution in [3.8, 4) is 0 Å². The van der Waals surface area contributed by atoms with Gasteiger partial charge in [0.1, 0.15) is 5.82 Å². The number of amides is 2. The van der Waals surface area contributed by atoms with Crippen molar-refractivity contribution in [3.05, 3.63) is 59.4 Å². The molecule has 2 rings (SSSR count). The molecule has 2 aromatic rings. The first-order valence-electron chi connectivity index (χ1n) is 6.19. The molecule has 0 bridgehead atoms. The Morgan fingerprint density at radius 1 is 1.10 bits per heavy atom. The molecule has 0 aliphatic carbocycles. The molecule has 108 valence electrons. The number of anilines is 2. The second-order valence-corrected chi connectivity index (χ2v) is 4.53. The molecule has 0 saturated carbocycles. The van der Waals surface area contributed by atoms with E-state index in [1.807, 2.05) is 0 Å². The van der Waals surface area contributed by atoms with Gasteiger partial charge in [-0.3, -0.25) is 9.59 Å². The van der Waals surface area contributed by atoms with Gasteiger partial charge in [0.15, 0.2) is 0 Å². The van der Waals surface area contributed by atoms with Gasteiger partial charge in [-0.15, -0.1) is 0 Å². The van der Waals surface area contributed by atoms with Gasteiger partial charge in [0.05, 0.1) is 12.0 Å². The minimum absolute atomic E-state index is 0.0675. The van der Waals surface area contributed by atoms with Gasteiger partial charge in [-0.25, -0.2) is 4.39 Å². The molecule has 0 aromatic heterocycles. The maximum atomic E-state index is 12.9. The van der Waals surface area contributed by atoms with Gasteiger partial charge in [-0.2, -0.15) is 0 Å². The lowest BCUT2D eigenvalue weighted by Crippen LogP contribution is -2.15. The second kappa shape index (κ2) is 6.04. The molecule has 5 nitrogen and oxygen atoms in total. The van der Waals surface area contributed by atoms with E-state index in [0.717, 1.165) is 11.6 Å². The smallest absolute Gasteiger partial charge is 0.257 e. The normalized spacial score (nSPS) is 10.1. The Morgan fingerprint density at radius 2 is 1.76 bits per heavy atom. The highest BCUT2D eigenvalue weighted by Crippen LogP contribution is 2.16. The summed E-state index contributed by atoms with van der Waals surface area (Å²) in [7, 11) is 0. The number of hydrogen-bond acceptors (Lipinski definition) is 3. The number of halogens is 1. The molecule has 0 heterocycles. The fourth-order valence-electron chi connectivity index (χ4n) is 1.85. The van der Waals surface area contributed by atoms with E-state index in [1.165, 1.54) is 12.1 Å². The molecule has 0 aliphatic heterocycles. The van der Waals surface area contributed by atoms with Crippen LogP contribution in [-0.2, 0) is 11.2 Å². The van der Waals surface area contributed by atoms with E-state index in [0.29, 0.717) is 5.69 Å². The highest BCUT2D eigenvalue weighted by Gasteiger charge is 2.10. The number of nitrogen functional groups attached to an aromatic ring is 1. The third kappa shape index (κ3) is 3.79. The van der Waals surface area contributed by atoms with Crippen LogP contribution in [0.15, 0.2) is 42.5 Å². The lowest BCUT2D eigenvalue weighted by Gasteiger charge is -2.08. The average Bonchev–Trinajstić information content (AvgIpc) is 2.40. The second-order valence-electron chi connectivity index (χ2n) is 4.53. The fraction of sp³-hybridized carbons (Fsp3) is 0.0667. The van der Waals surface area contributed by atoms with Crippen molar-refractivity contribution in [1.29, 1.82) is 0 Å². The summed E-state index contributed by atoms with van der Waals surface area (Å²) in [5, 5.41) is 2.64. The van der Waals surface area contributed by atoms with Crippen LogP contribution in [0, 0.1) is 5.82 Å². The molecule has 21 heavy (non-hydrogen) atoms. The summed E-state index contributed by atoms with van der Waals surface area (Å²) >= 11 is 0. The number of hydrogen-bond donors (Lipinski definition) is 3. The summed E-state index contributed by atoms with van der Waals surface area (Å²) in [5.74, 6) is -1.36. The average molecular weight is 287 g/mol. The van der Waals surface area contributed by atoms with Crippen LogP contribution in [0.1, 0.15) is 15.9 Å². The van der Waals surface area contributed by atoms with Crippen molar-refractivity contribution < 1.29 is 14.0 Å². The van der Waals surface area contributed by atoms with E-state index in [4.69, 9.17) is 11.5 Å². The van der Waals surface area contributed by atoms with Crippen LogP contribution in [0.2, 0.25) is 0 Å². The summed E-state index contributed by atoms with van der Waals surface area (Å²) in [5.41, 5.74) is 12.2. The van der Waals surface area contributed by atoms with E-state index in [2.05, 4.69) is 5.32 Å². The van der Waals surface area contributed by atoms with E-state index in [1.54, 1.807) is 24.3 Å². The highest BCUT2D eigenvalue weighted by atomic mass is 19.1. The van der Waals surface area contributed by atoms with Crippen molar-refractivity contribution in [1.82, 2.24) is 0 Å². The Kier molecular flexibility index (Phi) is 4.18. The molecule has 2 aromatic carbocycles. The first-order chi connectivity index (χ1) is 9.95. The van der Waals surface area contributed by atoms with Crippen LogP contribution >= 0.6 is 0 Å². The van der Waals surface area contributed by atoms with Crippen LogP contribution < -0.4 is 16.8 Å². The third-order valence-corrected chi connectivity index (χ3v) is 2.85. The highest BCUT2D eigenvalue weighted by molar-refractivity contribution is 6.07. The van der Waals surface area contributed by atoms with Crippen molar-refractivity contribution in [2.75, 3.05) is 11.1 Å². The van der Waals surface area contributed by atoms with Crippen LogP contribution in [0.3, 0.4) is 0 Å². The fourth-order valence-corrected chi connectivity index (χ4v) is 1.85. The number of carbonyl (C=O) groups excluding carboxylic acids is 2. The lowest BCUT2D eigenvalue weighted by molar-refractivity contribution is -0.117. The zero-order valence-electron chi connectivity index (χ0n) is 11.1. The first-order valence-corrected chi connectivity index (χ1v) is 6.19. The standard InChI is InChI=1S/C15H14FN3O2/c16-10-3-6-12(13(17)8-10)15(21)19-11-4-1-9(2-5-11)7-14(18)20/h1-6,8H,7,17H2,(H2,18,20)(H,19,21). The zero-order chi connectivity index (χ0) is 15.4. The number of carbonyl (C=O) groups is 2. The number of benzene rings is 2. The molecule has 0 fully saturated rings. The predicted octanol–water partition coefficient (Wildman–Crippen LogP) is 1.69. The molecule has 0 radical (unpaired) electrons. The van der Waals surface area contributed by atoms with Crippen molar-refractivity contribution in [2.24, 2.45) is 5.73 Å². The van der Waals surface area contributed by atoms with Crippen LogP contribution in [0.25, 0.3) is 0 Å². The zero-order valence-corrected chi connectivity index (χ0v) is 11.1. The number of nitrogens with two attached hydrogens (primary N) is 2. The van der Waals surface area contributed by atoms with Gasteiger partial charge in [0.25, 0.3) is 5.91 Å². The molecule has 0 spiro atoms. The Bertz CT molecular complexity index is 684. The molecule has 0 saturated heterocycles. The predicted molar refractivity (Wildman–Crippen MR) is 78.1 cm³/mol. The Morgan fingerprint density at radius 3 is 2.33 bits per heavy atom. The van der Waals surface area contributed by atoms with Gasteiger partial charge in [0.2, 0.25) is 5.91 Å². The molecular weight excluding hydrogens is 273 g/mol. The van der Waals surface area contributed by atoms with E-state index in [9.17, 15) is 14.0 Å². The van der Waals surface area contributed by atoms with Gasteiger partial charge in [-0.05, 0) is 35.9 Å². The van der Waals surface area contributed by atoms with E-state index >= 15 is 0 Å². The summed E-state index contributed by atoms with van der Waals surface area (Å²) in [6.45, 7) is 0. The SMILES string of the molecule is NC(=O)Cc1ccc(NC(=O)c2ccc(F)cc2N)cc1. The van der Waals surface area contributed by atoms with Crippen LogP contribution in [0.4, 0.5) is 15.8 Å². The Hall–Kier alpha value is -2.89. The summed E-state index contributed by atoms with van der Waals surface area (Å²) in [6, 6.07) is 10.3. The number of rotatable bonds is 4. The topological polar surface area (TPSA) is 98.2 Å². The summed E-state index contributed by atoms with van der Waals surface area (Å²) in [6.07, 6.45) is 0.138. The van der Waals surface area contributed by atoms with E-state index < -0.39 is 17.6 Å².